The molecule has 3 rings (SSSR count). The van der Waals surface area contributed by atoms with Crippen molar-refractivity contribution in [3.8, 4) is 5.75 Å². The van der Waals surface area contributed by atoms with E-state index in [1.807, 2.05) is 0 Å². The number of nitro benzene ring substituents is 1. The molecule has 0 spiro atoms. The summed E-state index contributed by atoms with van der Waals surface area (Å²) in [6, 6.07) is 9.38. The first kappa shape index (κ1) is 15.0. The number of hydrogen-bond donors (Lipinski definition) is 0. The molecule has 0 bridgehead atoms. The van der Waals surface area contributed by atoms with Crippen molar-refractivity contribution >= 4 is 17.5 Å². The van der Waals surface area contributed by atoms with Gasteiger partial charge in [-0.2, -0.15) is 0 Å². The molecule has 1 aromatic heterocycles. The van der Waals surface area contributed by atoms with Gasteiger partial charge in [0.15, 0.2) is 5.78 Å². The average Bonchev–Trinajstić information content (AvgIpc) is 3.31. The van der Waals surface area contributed by atoms with Gasteiger partial charge in [0.25, 0.3) is 5.69 Å². The van der Waals surface area contributed by atoms with E-state index in [-0.39, 0.29) is 24.0 Å². The Bertz CT molecular complexity index is 741. The molecule has 0 radical (unpaired) electrons. The fraction of sp³-hybridized carbons (Fsp3) is 0.235. The fourth-order valence-electron chi connectivity index (χ4n) is 2.05. The molecule has 23 heavy (non-hydrogen) atoms. The summed E-state index contributed by atoms with van der Waals surface area (Å²) < 4.78 is 11.1. The van der Waals surface area contributed by atoms with Crippen LogP contribution in [0.3, 0.4) is 0 Å². The van der Waals surface area contributed by atoms with Crippen LogP contribution in [0.15, 0.2) is 46.9 Å². The largest absolute Gasteiger partial charge is 0.486 e. The number of nitrogens with zero attached hydrogens (tertiary/aromatic N) is 1. The van der Waals surface area contributed by atoms with Gasteiger partial charge in [0.2, 0.25) is 0 Å². The highest BCUT2D eigenvalue weighted by Crippen LogP contribution is 2.30. The molecule has 0 amide bonds. The van der Waals surface area contributed by atoms with Crippen molar-refractivity contribution in [3.05, 3.63) is 64.1 Å². The van der Waals surface area contributed by atoms with E-state index in [1.165, 1.54) is 24.3 Å². The summed E-state index contributed by atoms with van der Waals surface area (Å²) >= 11 is 0. The highest BCUT2D eigenvalue weighted by atomic mass is 16.6. The molecule has 0 unspecified atom stereocenters. The van der Waals surface area contributed by atoms with Crippen LogP contribution < -0.4 is 4.74 Å². The molecule has 118 valence electrons. The van der Waals surface area contributed by atoms with Crippen molar-refractivity contribution in [1.29, 1.82) is 0 Å². The standard InChI is InChI=1S/C17H15NO5/c19-17(12-1-2-12)10-9-15-7-8-16(23-15)11-22-14-5-3-13(4-6-14)18(20)21/h3-10,12H,1-2,11H2/b10-9+. The first-order valence-corrected chi connectivity index (χ1v) is 7.30. The molecule has 0 atom stereocenters. The molecule has 1 fully saturated rings. The molecule has 2 aromatic rings. The van der Waals surface area contributed by atoms with Crippen LogP contribution in [0.4, 0.5) is 5.69 Å². The van der Waals surface area contributed by atoms with Gasteiger partial charge in [-0.05, 0) is 49.3 Å². The Balaban J connectivity index is 1.54. The van der Waals surface area contributed by atoms with Crippen LogP contribution in [0.5, 0.6) is 5.75 Å². The molecular weight excluding hydrogens is 298 g/mol. The van der Waals surface area contributed by atoms with E-state index in [0.29, 0.717) is 17.3 Å². The summed E-state index contributed by atoms with van der Waals surface area (Å²) in [6.45, 7) is 0.211. The summed E-state index contributed by atoms with van der Waals surface area (Å²) in [5.74, 6) is 2.08. The van der Waals surface area contributed by atoms with Gasteiger partial charge in [0.05, 0.1) is 4.92 Å². The third-order valence-electron chi connectivity index (χ3n) is 3.50. The lowest BCUT2D eigenvalue weighted by molar-refractivity contribution is -0.384. The van der Waals surface area contributed by atoms with Crippen molar-refractivity contribution in [1.82, 2.24) is 0 Å². The van der Waals surface area contributed by atoms with Crippen LogP contribution in [0.25, 0.3) is 6.08 Å². The maximum absolute atomic E-state index is 11.6. The summed E-state index contributed by atoms with van der Waals surface area (Å²) in [6.07, 6.45) is 5.18. The molecule has 1 aliphatic carbocycles. The van der Waals surface area contributed by atoms with E-state index in [2.05, 4.69) is 0 Å². The Morgan fingerprint density at radius 1 is 1.26 bits per heavy atom. The zero-order valence-electron chi connectivity index (χ0n) is 12.3. The molecule has 1 aliphatic rings. The Kier molecular flexibility index (Phi) is 4.23. The van der Waals surface area contributed by atoms with Gasteiger partial charge in [-0.3, -0.25) is 14.9 Å². The minimum Gasteiger partial charge on any atom is -0.486 e. The maximum Gasteiger partial charge on any atom is 0.269 e. The minimum atomic E-state index is -0.460. The lowest BCUT2D eigenvalue weighted by atomic mass is 10.2. The highest BCUT2D eigenvalue weighted by Gasteiger charge is 2.27. The normalized spacial score (nSPS) is 14.1. The third kappa shape index (κ3) is 4.06. The number of rotatable bonds is 7. The van der Waals surface area contributed by atoms with Crippen LogP contribution in [0.1, 0.15) is 24.4 Å². The van der Waals surface area contributed by atoms with Gasteiger partial charge in [-0.15, -0.1) is 0 Å². The SMILES string of the molecule is O=C(/C=C/c1ccc(COc2ccc([N+](=O)[O-])cc2)o1)C1CC1. The number of non-ortho nitro benzene ring substituents is 1. The smallest absolute Gasteiger partial charge is 0.269 e. The van der Waals surface area contributed by atoms with E-state index >= 15 is 0 Å². The number of carbonyl (C=O) groups excluding carboxylic acids is 1. The Labute approximate surface area is 132 Å². The van der Waals surface area contributed by atoms with Crippen LogP contribution in [-0.4, -0.2) is 10.7 Å². The first-order chi connectivity index (χ1) is 11.1. The Morgan fingerprint density at radius 2 is 2.00 bits per heavy atom. The highest BCUT2D eigenvalue weighted by molar-refractivity contribution is 5.96. The second-order valence-electron chi connectivity index (χ2n) is 5.35. The van der Waals surface area contributed by atoms with E-state index in [1.54, 1.807) is 24.3 Å². The van der Waals surface area contributed by atoms with E-state index in [9.17, 15) is 14.9 Å². The number of carbonyl (C=O) groups is 1. The second-order valence-corrected chi connectivity index (χ2v) is 5.35. The van der Waals surface area contributed by atoms with E-state index < -0.39 is 4.92 Å². The number of benzene rings is 1. The number of nitro groups is 1. The van der Waals surface area contributed by atoms with Gasteiger partial charge in [0.1, 0.15) is 23.9 Å². The van der Waals surface area contributed by atoms with Crippen LogP contribution in [0, 0.1) is 16.0 Å². The van der Waals surface area contributed by atoms with E-state index in [0.717, 1.165) is 12.8 Å². The Morgan fingerprint density at radius 3 is 2.65 bits per heavy atom. The van der Waals surface area contributed by atoms with Crippen molar-refractivity contribution < 1.29 is 18.9 Å². The number of furan rings is 1. The zero-order valence-corrected chi connectivity index (χ0v) is 12.3. The molecule has 6 heteroatoms. The van der Waals surface area contributed by atoms with Gasteiger partial charge < -0.3 is 9.15 Å². The molecule has 1 heterocycles. The van der Waals surface area contributed by atoms with Crippen molar-refractivity contribution in [2.75, 3.05) is 0 Å². The van der Waals surface area contributed by atoms with Gasteiger partial charge in [-0.1, -0.05) is 0 Å². The number of allylic oxidation sites excluding steroid dienone is 1. The van der Waals surface area contributed by atoms with E-state index in [4.69, 9.17) is 9.15 Å². The van der Waals surface area contributed by atoms with Crippen LogP contribution in [-0.2, 0) is 11.4 Å². The monoisotopic (exact) mass is 313 g/mol. The third-order valence-corrected chi connectivity index (χ3v) is 3.50. The molecular formula is C17H15NO5. The van der Waals surface area contributed by atoms with Crippen molar-refractivity contribution in [2.45, 2.75) is 19.4 Å². The van der Waals surface area contributed by atoms with Crippen LogP contribution >= 0.6 is 0 Å². The Hall–Kier alpha value is -2.89. The van der Waals surface area contributed by atoms with Crippen LogP contribution in [0.2, 0.25) is 0 Å². The summed E-state index contributed by atoms with van der Waals surface area (Å²) in [5.41, 5.74) is 0.0168. The molecule has 6 nitrogen and oxygen atoms in total. The first-order valence-electron chi connectivity index (χ1n) is 7.30. The lowest BCUT2D eigenvalue weighted by Crippen LogP contribution is -1.94. The quantitative estimate of drug-likeness (QED) is 0.441. The van der Waals surface area contributed by atoms with Crippen molar-refractivity contribution in [3.63, 3.8) is 0 Å². The summed E-state index contributed by atoms with van der Waals surface area (Å²) in [5, 5.41) is 10.6. The van der Waals surface area contributed by atoms with Gasteiger partial charge in [0, 0.05) is 18.1 Å². The molecule has 0 aliphatic heterocycles. The lowest BCUT2D eigenvalue weighted by Gasteiger charge is -2.03. The van der Waals surface area contributed by atoms with Gasteiger partial charge in [-0.25, -0.2) is 0 Å². The van der Waals surface area contributed by atoms with Gasteiger partial charge >= 0.3 is 0 Å². The molecule has 0 N–H and O–H groups in total. The summed E-state index contributed by atoms with van der Waals surface area (Å²) in [4.78, 5) is 21.7. The predicted octanol–water partition coefficient (Wildman–Crippen LogP) is 3.76. The molecule has 1 saturated carbocycles. The fourth-order valence-corrected chi connectivity index (χ4v) is 2.05. The number of ketones is 1. The second kappa shape index (κ2) is 6.48. The van der Waals surface area contributed by atoms with Crippen molar-refractivity contribution in [2.24, 2.45) is 5.92 Å². The predicted molar refractivity (Wildman–Crippen MR) is 82.9 cm³/mol. The minimum absolute atomic E-state index is 0.0168. The maximum atomic E-state index is 11.6. The number of ether oxygens (including phenoxy) is 1. The zero-order chi connectivity index (χ0) is 16.2. The number of hydrogen-bond acceptors (Lipinski definition) is 5. The molecule has 0 saturated heterocycles. The summed E-state index contributed by atoms with van der Waals surface area (Å²) in [7, 11) is 0. The topological polar surface area (TPSA) is 82.6 Å². The molecule has 1 aromatic carbocycles. The average molecular weight is 313 g/mol.